The summed E-state index contributed by atoms with van der Waals surface area (Å²) in [6, 6.07) is 16.1. The molecule has 0 aliphatic heterocycles. The van der Waals surface area contributed by atoms with Crippen LogP contribution in [0.3, 0.4) is 0 Å². The molecule has 146 valence electrons. The Labute approximate surface area is 164 Å². The van der Waals surface area contributed by atoms with Crippen molar-refractivity contribution in [1.29, 1.82) is 0 Å². The van der Waals surface area contributed by atoms with Crippen molar-refractivity contribution in [3.63, 3.8) is 0 Å². The van der Waals surface area contributed by atoms with Crippen LogP contribution < -0.4 is 14.8 Å². The zero-order valence-electron chi connectivity index (χ0n) is 15.9. The molecule has 2 N–H and O–H groups in total. The number of nitrogens with one attached hydrogen (secondary N) is 2. The van der Waals surface area contributed by atoms with Gasteiger partial charge >= 0.3 is 0 Å². The molecular weight excluding hydrogens is 376 g/mol. The maximum Gasteiger partial charge on any atom is 0.266 e. The molecule has 28 heavy (non-hydrogen) atoms. The van der Waals surface area contributed by atoms with Crippen molar-refractivity contribution in [2.24, 2.45) is 0 Å². The highest BCUT2D eigenvalue weighted by Gasteiger charge is 2.20. The van der Waals surface area contributed by atoms with Crippen LogP contribution in [0.15, 0.2) is 59.5 Å². The Bertz CT molecular complexity index is 1070. The SMILES string of the molecule is CCc1ccccc1Nc1ccc(NS(=O)(=O)c2cc(C)ccc2OC)nn1. The minimum Gasteiger partial charge on any atom is -0.495 e. The van der Waals surface area contributed by atoms with E-state index in [2.05, 4.69) is 27.2 Å². The first-order chi connectivity index (χ1) is 13.4. The van der Waals surface area contributed by atoms with E-state index in [-0.39, 0.29) is 16.5 Å². The average Bonchev–Trinajstić information content (AvgIpc) is 2.69. The van der Waals surface area contributed by atoms with Gasteiger partial charge in [-0.2, -0.15) is 0 Å². The number of methoxy groups -OCH3 is 1. The highest BCUT2D eigenvalue weighted by atomic mass is 32.2. The summed E-state index contributed by atoms with van der Waals surface area (Å²) in [5, 5.41) is 11.2. The van der Waals surface area contributed by atoms with E-state index in [1.807, 2.05) is 31.2 Å². The highest BCUT2D eigenvalue weighted by molar-refractivity contribution is 7.92. The molecule has 3 rings (SSSR count). The van der Waals surface area contributed by atoms with Crippen molar-refractivity contribution in [3.8, 4) is 5.75 Å². The van der Waals surface area contributed by atoms with Crippen LogP contribution in [0.4, 0.5) is 17.3 Å². The Morgan fingerprint density at radius 3 is 2.39 bits per heavy atom. The van der Waals surface area contributed by atoms with Gasteiger partial charge in [0, 0.05) is 5.69 Å². The summed E-state index contributed by atoms with van der Waals surface area (Å²) >= 11 is 0. The Balaban J connectivity index is 1.80. The monoisotopic (exact) mass is 398 g/mol. The van der Waals surface area contributed by atoms with Gasteiger partial charge in [-0.15, -0.1) is 10.2 Å². The van der Waals surface area contributed by atoms with Gasteiger partial charge in [0.1, 0.15) is 10.6 Å². The Kier molecular flexibility index (Phi) is 5.79. The number of anilines is 3. The molecule has 2 aromatic carbocycles. The van der Waals surface area contributed by atoms with E-state index in [1.54, 1.807) is 30.3 Å². The van der Waals surface area contributed by atoms with Crippen molar-refractivity contribution in [1.82, 2.24) is 10.2 Å². The third-order valence-electron chi connectivity index (χ3n) is 4.17. The standard InChI is InChI=1S/C20H22N4O3S/c1-4-15-7-5-6-8-16(15)21-19-11-12-20(23-22-19)24-28(25,26)18-13-14(2)9-10-17(18)27-3/h5-13H,4H2,1-3H3,(H,21,22)(H,23,24). The second-order valence-electron chi connectivity index (χ2n) is 6.20. The van der Waals surface area contributed by atoms with Crippen molar-refractivity contribution in [2.45, 2.75) is 25.2 Å². The molecule has 0 radical (unpaired) electrons. The molecule has 0 fully saturated rings. The van der Waals surface area contributed by atoms with Crippen LogP contribution >= 0.6 is 0 Å². The van der Waals surface area contributed by atoms with E-state index in [0.717, 1.165) is 23.2 Å². The number of para-hydroxylation sites is 1. The van der Waals surface area contributed by atoms with Crippen LogP contribution in [-0.4, -0.2) is 25.7 Å². The summed E-state index contributed by atoms with van der Waals surface area (Å²) in [5.41, 5.74) is 2.90. The molecule has 0 spiro atoms. The van der Waals surface area contributed by atoms with Gasteiger partial charge in [0.15, 0.2) is 11.6 Å². The summed E-state index contributed by atoms with van der Waals surface area (Å²) < 4.78 is 33.0. The summed E-state index contributed by atoms with van der Waals surface area (Å²) in [6.45, 7) is 3.89. The zero-order valence-corrected chi connectivity index (χ0v) is 16.7. The molecule has 7 nitrogen and oxygen atoms in total. The second-order valence-corrected chi connectivity index (χ2v) is 7.85. The maximum atomic E-state index is 12.7. The van der Waals surface area contributed by atoms with Crippen LogP contribution in [0.2, 0.25) is 0 Å². The molecule has 1 aromatic heterocycles. The minimum atomic E-state index is -3.86. The lowest BCUT2D eigenvalue weighted by molar-refractivity contribution is 0.402. The van der Waals surface area contributed by atoms with Crippen LogP contribution in [0.5, 0.6) is 5.75 Å². The van der Waals surface area contributed by atoms with Gasteiger partial charge in [-0.25, -0.2) is 8.42 Å². The largest absolute Gasteiger partial charge is 0.495 e. The Morgan fingerprint density at radius 1 is 1.00 bits per heavy atom. The molecule has 8 heteroatoms. The summed E-state index contributed by atoms with van der Waals surface area (Å²) in [4.78, 5) is 0.0517. The van der Waals surface area contributed by atoms with Gasteiger partial charge in [-0.3, -0.25) is 4.72 Å². The topological polar surface area (TPSA) is 93.2 Å². The fraction of sp³-hybridized carbons (Fsp3) is 0.200. The number of ether oxygens (including phenoxy) is 1. The predicted molar refractivity (Wildman–Crippen MR) is 110 cm³/mol. The van der Waals surface area contributed by atoms with E-state index < -0.39 is 10.0 Å². The van der Waals surface area contributed by atoms with Crippen LogP contribution in [0.1, 0.15) is 18.1 Å². The summed E-state index contributed by atoms with van der Waals surface area (Å²) in [6.07, 6.45) is 0.882. The van der Waals surface area contributed by atoms with Crippen LogP contribution in [0, 0.1) is 6.92 Å². The third-order valence-corrected chi connectivity index (χ3v) is 5.55. The number of sulfonamides is 1. The molecule has 3 aromatic rings. The number of aryl methyl sites for hydroxylation is 2. The van der Waals surface area contributed by atoms with Crippen molar-refractivity contribution in [3.05, 3.63) is 65.7 Å². The van der Waals surface area contributed by atoms with Gasteiger partial charge in [0.2, 0.25) is 0 Å². The predicted octanol–water partition coefficient (Wildman–Crippen LogP) is 3.90. The first-order valence-corrected chi connectivity index (χ1v) is 10.3. The molecule has 0 bridgehead atoms. The van der Waals surface area contributed by atoms with E-state index >= 15 is 0 Å². The summed E-state index contributed by atoms with van der Waals surface area (Å²) in [7, 11) is -2.43. The van der Waals surface area contributed by atoms with Gasteiger partial charge in [-0.1, -0.05) is 31.2 Å². The number of hydrogen-bond donors (Lipinski definition) is 2. The van der Waals surface area contributed by atoms with E-state index in [1.165, 1.54) is 7.11 Å². The molecule has 0 aliphatic rings. The number of nitrogens with zero attached hydrogens (tertiary/aromatic N) is 2. The normalized spacial score (nSPS) is 11.1. The molecule has 0 saturated carbocycles. The van der Waals surface area contributed by atoms with E-state index in [9.17, 15) is 8.42 Å². The Morgan fingerprint density at radius 2 is 1.71 bits per heavy atom. The molecule has 1 heterocycles. The van der Waals surface area contributed by atoms with Gasteiger partial charge in [0.05, 0.1) is 7.11 Å². The number of aromatic nitrogens is 2. The zero-order chi connectivity index (χ0) is 20.1. The van der Waals surface area contributed by atoms with Gasteiger partial charge in [-0.05, 0) is 54.8 Å². The number of hydrogen-bond acceptors (Lipinski definition) is 6. The highest BCUT2D eigenvalue weighted by Crippen LogP contribution is 2.26. The molecule has 0 amide bonds. The van der Waals surface area contributed by atoms with Crippen molar-refractivity contribution in [2.75, 3.05) is 17.1 Å². The fourth-order valence-corrected chi connectivity index (χ4v) is 3.98. The lowest BCUT2D eigenvalue weighted by Gasteiger charge is -2.12. The first kappa shape index (κ1) is 19.6. The quantitative estimate of drug-likeness (QED) is 0.627. The molecule has 0 saturated heterocycles. The fourth-order valence-electron chi connectivity index (χ4n) is 2.73. The second kappa shape index (κ2) is 8.26. The van der Waals surface area contributed by atoms with Gasteiger partial charge in [0.25, 0.3) is 10.0 Å². The van der Waals surface area contributed by atoms with Crippen LogP contribution in [0.25, 0.3) is 0 Å². The average molecular weight is 398 g/mol. The Hall–Kier alpha value is -3.13. The smallest absolute Gasteiger partial charge is 0.266 e. The molecule has 0 unspecified atom stereocenters. The number of rotatable bonds is 7. The van der Waals surface area contributed by atoms with Crippen LogP contribution in [-0.2, 0) is 16.4 Å². The number of benzene rings is 2. The minimum absolute atomic E-state index is 0.0517. The molecule has 0 aliphatic carbocycles. The van der Waals surface area contributed by atoms with E-state index in [0.29, 0.717) is 5.82 Å². The molecule has 0 atom stereocenters. The van der Waals surface area contributed by atoms with Gasteiger partial charge < -0.3 is 10.1 Å². The van der Waals surface area contributed by atoms with E-state index in [4.69, 9.17) is 4.74 Å². The summed E-state index contributed by atoms with van der Waals surface area (Å²) in [5.74, 6) is 0.912. The molecular formula is C20H22N4O3S. The van der Waals surface area contributed by atoms with Crippen molar-refractivity contribution >= 4 is 27.3 Å². The maximum absolute atomic E-state index is 12.7. The third kappa shape index (κ3) is 4.40. The lowest BCUT2D eigenvalue weighted by Crippen LogP contribution is -2.15. The van der Waals surface area contributed by atoms with Crippen molar-refractivity contribution < 1.29 is 13.2 Å². The lowest BCUT2D eigenvalue weighted by atomic mass is 10.1. The first-order valence-electron chi connectivity index (χ1n) is 8.79.